The Morgan fingerprint density at radius 1 is 1.17 bits per heavy atom. The van der Waals surface area contributed by atoms with Gasteiger partial charge in [-0.1, -0.05) is 19.9 Å². The van der Waals surface area contributed by atoms with E-state index in [1.54, 1.807) is 12.1 Å². The van der Waals surface area contributed by atoms with Gasteiger partial charge in [0.05, 0.1) is 5.56 Å². The second-order valence-corrected chi connectivity index (χ2v) is 7.75. The molecule has 0 bridgehead atoms. The molecule has 0 spiro atoms. The number of nitrogen functional groups attached to an aromatic ring is 1. The van der Waals surface area contributed by atoms with Crippen LogP contribution in [-0.4, -0.2) is 27.5 Å². The van der Waals surface area contributed by atoms with Gasteiger partial charge in [-0.25, -0.2) is 9.59 Å². The van der Waals surface area contributed by atoms with Crippen molar-refractivity contribution < 1.29 is 14.3 Å². The summed E-state index contributed by atoms with van der Waals surface area (Å²) in [5, 5.41) is 0. The van der Waals surface area contributed by atoms with Crippen molar-refractivity contribution in [3.63, 3.8) is 0 Å². The highest BCUT2D eigenvalue weighted by molar-refractivity contribution is 6.02. The average molecular weight is 399 g/mol. The quantitative estimate of drug-likeness (QED) is 0.579. The first-order valence-corrected chi connectivity index (χ1v) is 9.62. The normalized spacial score (nSPS) is 12.8. The van der Waals surface area contributed by atoms with Crippen LogP contribution in [0.3, 0.4) is 0 Å². The Morgan fingerprint density at radius 3 is 2.55 bits per heavy atom. The molecule has 0 amide bonds. The van der Waals surface area contributed by atoms with Gasteiger partial charge < -0.3 is 10.5 Å². The number of hydrogen-bond donors (Lipinski definition) is 1. The molecular weight excluding hydrogens is 374 g/mol. The minimum atomic E-state index is -0.800. The fourth-order valence-electron chi connectivity index (χ4n) is 3.57. The molecule has 2 aromatic rings. The number of fused-ring (bicyclic) bond motifs is 1. The Labute approximate surface area is 167 Å². The van der Waals surface area contributed by atoms with Gasteiger partial charge >= 0.3 is 11.7 Å². The van der Waals surface area contributed by atoms with E-state index in [1.807, 2.05) is 19.9 Å². The number of ketones is 1. The molecule has 0 aliphatic heterocycles. The molecule has 0 unspecified atom stereocenters. The van der Waals surface area contributed by atoms with Crippen LogP contribution in [-0.2, 0) is 31.2 Å². The molecule has 0 atom stereocenters. The summed E-state index contributed by atoms with van der Waals surface area (Å²) in [6.07, 6.45) is 2.97. The highest BCUT2D eigenvalue weighted by atomic mass is 16.5. The molecule has 8 nitrogen and oxygen atoms in total. The van der Waals surface area contributed by atoms with E-state index in [0.29, 0.717) is 5.56 Å². The third kappa shape index (κ3) is 4.01. The summed E-state index contributed by atoms with van der Waals surface area (Å²) >= 11 is 0. The lowest BCUT2D eigenvalue weighted by Crippen LogP contribution is -2.43. The van der Waals surface area contributed by atoms with Crippen LogP contribution >= 0.6 is 0 Å². The second-order valence-electron chi connectivity index (χ2n) is 7.75. The predicted molar refractivity (Wildman–Crippen MR) is 108 cm³/mol. The van der Waals surface area contributed by atoms with Crippen LogP contribution in [0.15, 0.2) is 27.8 Å². The molecular formula is C21H25N3O5. The number of aromatic nitrogens is 2. The van der Waals surface area contributed by atoms with Crippen LogP contribution in [0.2, 0.25) is 0 Å². The van der Waals surface area contributed by atoms with E-state index < -0.39 is 29.6 Å². The zero-order chi connectivity index (χ0) is 21.3. The maximum Gasteiger partial charge on any atom is 0.338 e. The first kappa shape index (κ1) is 20.6. The maximum absolute atomic E-state index is 12.6. The van der Waals surface area contributed by atoms with Gasteiger partial charge in [-0.05, 0) is 48.4 Å². The number of Topliss-reactive ketones (excluding diaryl/α,β-unsaturated/α-hetero) is 1. The summed E-state index contributed by atoms with van der Waals surface area (Å²) in [5.41, 5.74) is 6.95. The molecule has 3 rings (SSSR count). The summed E-state index contributed by atoms with van der Waals surface area (Å²) in [6.45, 7) is 3.40. The SMILES string of the molecule is CC(C)Cn1c(N)c(C(=O)COC(=O)c2ccc3c(c2)CCC3)c(=O)n(C)c1=O. The lowest BCUT2D eigenvalue weighted by molar-refractivity contribution is 0.0474. The van der Waals surface area contributed by atoms with E-state index in [4.69, 9.17) is 10.5 Å². The summed E-state index contributed by atoms with van der Waals surface area (Å²) < 4.78 is 7.16. The van der Waals surface area contributed by atoms with Crippen molar-refractivity contribution in [1.82, 2.24) is 9.13 Å². The third-order valence-electron chi connectivity index (χ3n) is 5.08. The third-order valence-corrected chi connectivity index (χ3v) is 5.08. The molecule has 1 aromatic heterocycles. The van der Waals surface area contributed by atoms with Gasteiger partial charge in [-0.3, -0.25) is 18.7 Å². The van der Waals surface area contributed by atoms with E-state index in [2.05, 4.69) is 0 Å². The number of nitrogens with two attached hydrogens (primary N) is 1. The zero-order valence-electron chi connectivity index (χ0n) is 16.9. The van der Waals surface area contributed by atoms with Crippen LogP contribution in [0, 0.1) is 5.92 Å². The predicted octanol–water partition coefficient (Wildman–Crippen LogP) is 1.31. The number of rotatable bonds is 6. The number of carbonyl (C=O) groups excluding carboxylic acids is 2. The fraction of sp³-hybridized carbons (Fsp3) is 0.429. The number of benzene rings is 1. The molecule has 0 fully saturated rings. The first-order chi connectivity index (χ1) is 13.7. The first-order valence-electron chi connectivity index (χ1n) is 9.62. The Bertz CT molecular complexity index is 1090. The number of carbonyl (C=O) groups is 2. The van der Waals surface area contributed by atoms with E-state index in [-0.39, 0.29) is 23.8 Å². The van der Waals surface area contributed by atoms with Crippen LogP contribution in [0.25, 0.3) is 0 Å². The van der Waals surface area contributed by atoms with E-state index in [9.17, 15) is 19.2 Å². The molecule has 2 N–H and O–H groups in total. The van der Waals surface area contributed by atoms with E-state index >= 15 is 0 Å². The highest BCUT2D eigenvalue weighted by Crippen LogP contribution is 2.23. The maximum atomic E-state index is 12.6. The van der Waals surface area contributed by atoms with Crippen LogP contribution < -0.4 is 17.0 Å². The molecule has 0 radical (unpaired) electrons. The lowest BCUT2D eigenvalue weighted by atomic mass is 10.1. The van der Waals surface area contributed by atoms with Gasteiger partial charge in [-0.15, -0.1) is 0 Å². The van der Waals surface area contributed by atoms with Crippen LogP contribution in [0.4, 0.5) is 5.82 Å². The van der Waals surface area contributed by atoms with Crippen molar-refractivity contribution >= 4 is 17.6 Å². The summed E-state index contributed by atoms with van der Waals surface area (Å²) in [6, 6.07) is 5.36. The van der Waals surface area contributed by atoms with Gasteiger partial charge in [0.25, 0.3) is 5.56 Å². The van der Waals surface area contributed by atoms with E-state index in [0.717, 1.165) is 29.4 Å². The Morgan fingerprint density at radius 2 is 1.86 bits per heavy atom. The highest BCUT2D eigenvalue weighted by Gasteiger charge is 2.23. The molecule has 8 heteroatoms. The van der Waals surface area contributed by atoms with Gasteiger partial charge in [-0.2, -0.15) is 0 Å². The molecule has 0 saturated heterocycles. The zero-order valence-corrected chi connectivity index (χ0v) is 16.9. The van der Waals surface area contributed by atoms with Crippen molar-refractivity contribution in [2.24, 2.45) is 13.0 Å². The van der Waals surface area contributed by atoms with Gasteiger partial charge in [0.1, 0.15) is 11.4 Å². The van der Waals surface area contributed by atoms with Crippen molar-refractivity contribution in [3.05, 3.63) is 61.3 Å². The second kappa shape index (κ2) is 8.06. The largest absolute Gasteiger partial charge is 0.454 e. The smallest absolute Gasteiger partial charge is 0.338 e. The number of anilines is 1. The number of aryl methyl sites for hydroxylation is 2. The van der Waals surface area contributed by atoms with Crippen molar-refractivity contribution in [1.29, 1.82) is 0 Å². The molecule has 29 heavy (non-hydrogen) atoms. The lowest BCUT2D eigenvalue weighted by Gasteiger charge is -2.16. The minimum Gasteiger partial charge on any atom is -0.454 e. The standard InChI is InChI=1S/C21H25N3O5/c1-12(2)10-24-18(22)17(19(26)23(3)21(24)28)16(25)11-29-20(27)15-8-7-13-5-4-6-14(13)9-15/h7-9,12H,4-6,10-11,22H2,1-3H3. The Kier molecular flexibility index (Phi) is 5.72. The van der Waals surface area contributed by atoms with Crippen LogP contribution in [0.1, 0.15) is 52.1 Å². The van der Waals surface area contributed by atoms with Crippen LogP contribution in [0.5, 0.6) is 0 Å². The van der Waals surface area contributed by atoms with Crippen molar-refractivity contribution in [3.8, 4) is 0 Å². The monoisotopic (exact) mass is 399 g/mol. The Balaban J connectivity index is 1.82. The van der Waals surface area contributed by atoms with Gasteiger partial charge in [0.15, 0.2) is 6.61 Å². The molecule has 1 aliphatic rings. The molecule has 154 valence electrons. The average Bonchev–Trinajstić information content (AvgIpc) is 3.15. The number of esters is 1. The minimum absolute atomic E-state index is 0.0769. The van der Waals surface area contributed by atoms with Crippen molar-refractivity contribution in [2.75, 3.05) is 12.3 Å². The summed E-state index contributed by atoms with van der Waals surface area (Å²) in [7, 11) is 1.29. The van der Waals surface area contributed by atoms with Gasteiger partial charge in [0.2, 0.25) is 5.78 Å². The molecule has 1 aliphatic carbocycles. The topological polar surface area (TPSA) is 113 Å². The molecule has 0 saturated carbocycles. The fourth-order valence-corrected chi connectivity index (χ4v) is 3.57. The summed E-state index contributed by atoms with van der Waals surface area (Å²) in [4.78, 5) is 49.7. The number of nitrogens with zero attached hydrogens (tertiary/aromatic N) is 2. The number of ether oxygens (including phenoxy) is 1. The molecule has 1 aromatic carbocycles. The number of hydrogen-bond acceptors (Lipinski definition) is 6. The van der Waals surface area contributed by atoms with Gasteiger partial charge in [0, 0.05) is 13.6 Å². The van der Waals surface area contributed by atoms with Crippen molar-refractivity contribution in [2.45, 2.75) is 39.7 Å². The molecule has 1 heterocycles. The van der Waals surface area contributed by atoms with E-state index in [1.165, 1.54) is 17.2 Å². The Hall–Kier alpha value is -3.16. The summed E-state index contributed by atoms with van der Waals surface area (Å²) in [5.74, 6) is -1.51.